The van der Waals surface area contributed by atoms with Crippen molar-refractivity contribution in [2.75, 3.05) is 13.1 Å². The van der Waals surface area contributed by atoms with Crippen LogP contribution in [-0.4, -0.2) is 19.0 Å². The molecule has 0 bridgehead atoms. The molecule has 0 saturated heterocycles. The Morgan fingerprint density at radius 1 is 1.21 bits per heavy atom. The van der Waals surface area contributed by atoms with Crippen LogP contribution in [0.2, 0.25) is 0 Å². The summed E-state index contributed by atoms with van der Waals surface area (Å²) in [5, 5.41) is 3.07. The molecular weight excluding hydrogens is 236 g/mol. The van der Waals surface area contributed by atoms with Crippen molar-refractivity contribution in [2.24, 2.45) is 22.5 Å². The van der Waals surface area contributed by atoms with Gasteiger partial charge in [0.1, 0.15) is 0 Å². The van der Waals surface area contributed by atoms with Crippen LogP contribution >= 0.6 is 0 Å². The Labute approximate surface area is 119 Å². The predicted molar refractivity (Wildman–Crippen MR) is 82.9 cm³/mol. The average Bonchev–Trinajstić information content (AvgIpc) is 2.21. The van der Waals surface area contributed by atoms with Gasteiger partial charge < -0.3 is 11.1 Å². The highest BCUT2D eigenvalue weighted by Gasteiger charge is 2.20. The molecule has 1 unspecified atom stereocenters. The smallest absolute Gasteiger partial charge is 0.220 e. The first kappa shape index (κ1) is 18.4. The van der Waals surface area contributed by atoms with Crippen LogP contribution in [0.1, 0.15) is 67.2 Å². The fourth-order valence-electron chi connectivity index (χ4n) is 2.51. The van der Waals surface area contributed by atoms with Crippen molar-refractivity contribution in [3.05, 3.63) is 0 Å². The highest BCUT2D eigenvalue weighted by Crippen LogP contribution is 2.26. The van der Waals surface area contributed by atoms with Crippen molar-refractivity contribution in [1.82, 2.24) is 5.32 Å². The van der Waals surface area contributed by atoms with Crippen molar-refractivity contribution in [2.45, 2.75) is 67.2 Å². The first-order chi connectivity index (χ1) is 8.56. The molecule has 0 aliphatic carbocycles. The Morgan fingerprint density at radius 2 is 1.79 bits per heavy atom. The van der Waals surface area contributed by atoms with E-state index >= 15 is 0 Å². The van der Waals surface area contributed by atoms with Gasteiger partial charge >= 0.3 is 0 Å². The Bertz CT molecular complexity index is 266. The van der Waals surface area contributed by atoms with E-state index in [9.17, 15) is 4.79 Å². The Balaban J connectivity index is 3.98. The molecule has 0 aliphatic heterocycles. The number of amides is 1. The maximum atomic E-state index is 11.9. The van der Waals surface area contributed by atoms with E-state index in [4.69, 9.17) is 5.73 Å². The van der Waals surface area contributed by atoms with E-state index in [1.165, 1.54) is 0 Å². The summed E-state index contributed by atoms with van der Waals surface area (Å²) in [6, 6.07) is 0. The molecule has 0 aliphatic rings. The summed E-state index contributed by atoms with van der Waals surface area (Å²) in [5.74, 6) is 0.615. The monoisotopic (exact) mass is 270 g/mol. The molecule has 3 heteroatoms. The fourth-order valence-corrected chi connectivity index (χ4v) is 2.51. The van der Waals surface area contributed by atoms with Crippen LogP contribution < -0.4 is 11.1 Å². The van der Waals surface area contributed by atoms with Gasteiger partial charge in [-0.05, 0) is 42.6 Å². The van der Waals surface area contributed by atoms with Crippen LogP contribution in [0.5, 0.6) is 0 Å². The zero-order valence-electron chi connectivity index (χ0n) is 13.8. The molecule has 3 N–H and O–H groups in total. The van der Waals surface area contributed by atoms with Crippen LogP contribution in [0.4, 0.5) is 0 Å². The van der Waals surface area contributed by atoms with E-state index in [0.717, 1.165) is 32.4 Å². The number of nitrogens with two attached hydrogens (primary N) is 1. The summed E-state index contributed by atoms with van der Waals surface area (Å²) >= 11 is 0. The molecule has 0 saturated carbocycles. The van der Waals surface area contributed by atoms with Gasteiger partial charge in [0.2, 0.25) is 5.91 Å². The largest absolute Gasteiger partial charge is 0.356 e. The zero-order chi connectivity index (χ0) is 15.1. The highest BCUT2D eigenvalue weighted by molar-refractivity contribution is 5.76. The Hall–Kier alpha value is -0.570. The van der Waals surface area contributed by atoms with Crippen LogP contribution in [0.3, 0.4) is 0 Å². The lowest BCUT2D eigenvalue weighted by Gasteiger charge is -2.26. The first-order valence-corrected chi connectivity index (χ1v) is 7.52. The van der Waals surface area contributed by atoms with Gasteiger partial charge in [-0.1, -0.05) is 41.5 Å². The summed E-state index contributed by atoms with van der Waals surface area (Å²) in [7, 11) is 0. The van der Waals surface area contributed by atoms with E-state index in [1.807, 2.05) is 0 Å². The minimum absolute atomic E-state index is 0.141. The zero-order valence-corrected chi connectivity index (χ0v) is 13.8. The first-order valence-electron chi connectivity index (χ1n) is 7.52. The quantitative estimate of drug-likeness (QED) is 0.711. The number of carbonyl (C=O) groups is 1. The normalized spacial score (nSPS) is 14.3. The molecule has 0 fully saturated rings. The van der Waals surface area contributed by atoms with Gasteiger partial charge in [-0.15, -0.1) is 0 Å². The summed E-state index contributed by atoms with van der Waals surface area (Å²) in [6.45, 7) is 14.6. The van der Waals surface area contributed by atoms with Gasteiger partial charge in [0.05, 0.1) is 0 Å². The lowest BCUT2D eigenvalue weighted by atomic mass is 9.84. The standard InChI is InChI=1S/C16H34N2O/c1-13(11-15(2,3)4)10-14(19)18-12-16(5,6)8-7-9-17/h13H,7-12,17H2,1-6H3,(H,18,19). The third-order valence-electron chi connectivity index (χ3n) is 3.32. The Kier molecular flexibility index (Phi) is 7.65. The van der Waals surface area contributed by atoms with E-state index in [-0.39, 0.29) is 11.3 Å². The van der Waals surface area contributed by atoms with Crippen LogP contribution in [0.15, 0.2) is 0 Å². The van der Waals surface area contributed by atoms with Crippen LogP contribution in [-0.2, 0) is 4.79 Å². The second kappa shape index (κ2) is 7.88. The third-order valence-corrected chi connectivity index (χ3v) is 3.32. The molecule has 0 aromatic carbocycles. The van der Waals surface area contributed by atoms with E-state index in [0.29, 0.717) is 17.8 Å². The predicted octanol–water partition coefficient (Wildman–Crippen LogP) is 3.33. The molecule has 3 nitrogen and oxygen atoms in total. The van der Waals surface area contributed by atoms with Crippen molar-refractivity contribution in [1.29, 1.82) is 0 Å². The maximum absolute atomic E-state index is 11.9. The molecule has 1 atom stereocenters. The second-order valence-corrected chi connectivity index (χ2v) is 7.91. The van der Waals surface area contributed by atoms with Crippen molar-refractivity contribution >= 4 is 5.91 Å². The molecule has 0 heterocycles. The Morgan fingerprint density at radius 3 is 2.26 bits per heavy atom. The van der Waals surface area contributed by atoms with Gasteiger partial charge in [0, 0.05) is 13.0 Å². The van der Waals surface area contributed by atoms with Gasteiger partial charge in [0.15, 0.2) is 0 Å². The molecule has 0 spiro atoms. The minimum Gasteiger partial charge on any atom is -0.356 e. The van der Waals surface area contributed by atoms with Crippen molar-refractivity contribution < 1.29 is 4.79 Å². The van der Waals surface area contributed by atoms with E-state index < -0.39 is 0 Å². The second-order valence-electron chi connectivity index (χ2n) is 7.91. The average molecular weight is 270 g/mol. The molecule has 114 valence electrons. The molecule has 19 heavy (non-hydrogen) atoms. The maximum Gasteiger partial charge on any atom is 0.220 e. The lowest BCUT2D eigenvalue weighted by molar-refractivity contribution is -0.122. The summed E-state index contributed by atoms with van der Waals surface area (Å²) in [6.07, 6.45) is 3.78. The number of carbonyl (C=O) groups excluding carboxylic acids is 1. The number of nitrogens with one attached hydrogen (secondary N) is 1. The minimum atomic E-state index is 0.141. The number of hydrogen-bond acceptors (Lipinski definition) is 2. The van der Waals surface area contributed by atoms with Gasteiger partial charge in [-0.25, -0.2) is 0 Å². The number of hydrogen-bond donors (Lipinski definition) is 2. The van der Waals surface area contributed by atoms with Crippen LogP contribution in [0, 0.1) is 16.7 Å². The van der Waals surface area contributed by atoms with E-state index in [1.54, 1.807) is 0 Å². The summed E-state index contributed by atoms with van der Waals surface area (Å²) in [5.41, 5.74) is 5.96. The molecule has 0 radical (unpaired) electrons. The summed E-state index contributed by atoms with van der Waals surface area (Å²) in [4.78, 5) is 11.9. The SMILES string of the molecule is CC(CC(=O)NCC(C)(C)CCCN)CC(C)(C)C. The molecule has 0 aromatic rings. The fraction of sp³-hybridized carbons (Fsp3) is 0.938. The third kappa shape index (κ3) is 11.0. The molecule has 0 aromatic heterocycles. The number of rotatable bonds is 8. The van der Waals surface area contributed by atoms with Crippen molar-refractivity contribution in [3.63, 3.8) is 0 Å². The van der Waals surface area contributed by atoms with E-state index in [2.05, 4.69) is 46.9 Å². The topological polar surface area (TPSA) is 55.1 Å². The van der Waals surface area contributed by atoms with Gasteiger partial charge in [-0.3, -0.25) is 4.79 Å². The molecule has 0 rings (SSSR count). The molecular formula is C16H34N2O. The molecule has 1 amide bonds. The van der Waals surface area contributed by atoms with Crippen molar-refractivity contribution in [3.8, 4) is 0 Å². The van der Waals surface area contributed by atoms with Gasteiger partial charge in [-0.2, -0.15) is 0 Å². The summed E-state index contributed by atoms with van der Waals surface area (Å²) < 4.78 is 0. The van der Waals surface area contributed by atoms with Gasteiger partial charge in [0.25, 0.3) is 0 Å². The van der Waals surface area contributed by atoms with Crippen LogP contribution in [0.25, 0.3) is 0 Å². The lowest BCUT2D eigenvalue weighted by Crippen LogP contribution is -2.35. The highest BCUT2D eigenvalue weighted by atomic mass is 16.1.